The van der Waals surface area contributed by atoms with E-state index >= 15 is 0 Å². The van der Waals surface area contributed by atoms with E-state index in [1.54, 1.807) is 0 Å². The molecule has 2 nitrogen and oxygen atoms in total. The summed E-state index contributed by atoms with van der Waals surface area (Å²) in [6.07, 6.45) is 1.30. The molecule has 84 valence electrons. The molecule has 1 unspecified atom stereocenters. The molecule has 0 amide bonds. The van der Waals surface area contributed by atoms with Crippen LogP contribution in [0, 0.1) is 6.92 Å². The van der Waals surface area contributed by atoms with Crippen molar-refractivity contribution in [1.82, 2.24) is 0 Å². The maximum atomic E-state index is 9.92. The van der Waals surface area contributed by atoms with Crippen LogP contribution in [0.3, 0.4) is 0 Å². The molecule has 0 aliphatic heterocycles. The molecule has 1 N–H and O–H groups in total. The number of hydrogen-bond donors (Lipinski definition) is 1. The second-order valence-electron chi connectivity index (χ2n) is 3.77. The Kier molecular flexibility index (Phi) is 5.37. The highest BCUT2D eigenvalue weighted by Gasteiger charge is 2.08. The monoisotopic (exact) mass is 208 g/mol. The van der Waals surface area contributed by atoms with E-state index < -0.39 is 6.10 Å². The molecule has 0 fully saturated rings. The summed E-state index contributed by atoms with van der Waals surface area (Å²) < 4.78 is 5.35. The molecule has 0 spiro atoms. The molecule has 0 heterocycles. The lowest BCUT2D eigenvalue weighted by Gasteiger charge is -2.13. The Morgan fingerprint density at radius 1 is 1.27 bits per heavy atom. The van der Waals surface area contributed by atoms with Crippen molar-refractivity contribution in [1.29, 1.82) is 0 Å². The Balaban J connectivity index is 2.40. The Hall–Kier alpha value is -0.860. The van der Waals surface area contributed by atoms with E-state index in [9.17, 15) is 5.11 Å². The van der Waals surface area contributed by atoms with Crippen molar-refractivity contribution >= 4 is 0 Å². The van der Waals surface area contributed by atoms with Crippen molar-refractivity contribution in [2.24, 2.45) is 0 Å². The minimum Gasteiger partial charge on any atom is -0.388 e. The molecular formula is C13H20O2. The van der Waals surface area contributed by atoms with Gasteiger partial charge in [-0.05, 0) is 24.5 Å². The Bertz CT molecular complexity index is 284. The van der Waals surface area contributed by atoms with E-state index in [1.807, 2.05) is 31.2 Å². The molecule has 0 aliphatic carbocycles. The summed E-state index contributed by atoms with van der Waals surface area (Å²) in [5.74, 6) is 0. The van der Waals surface area contributed by atoms with E-state index in [-0.39, 0.29) is 0 Å². The minimum absolute atomic E-state index is 0.400. The van der Waals surface area contributed by atoms with Crippen molar-refractivity contribution in [2.75, 3.05) is 13.2 Å². The standard InChI is InChI=1S/C13H20O2/c1-3-9-15-10-8-13(14)12-7-5-4-6-11(12)2/h4-7,13-14H,3,8-10H2,1-2H3. The molecule has 0 bridgehead atoms. The average molecular weight is 208 g/mol. The molecule has 0 saturated heterocycles. The molecule has 1 rings (SSSR count). The summed E-state index contributed by atoms with van der Waals surface area (Å²) >= 11 is 0. The first-order valence-electron chi connectivity index (χ1n) is 5.57. The summed E-state index contributed by atoms with van der Waals surface area (Å²) in [5.41, 5.74) is 2.15. The van der Waals surface area contributed by atoms with Gasteiger partial charge >= 0.3 is 0 Å². The number of ether oxygens (including phenoxy) is 1. The van der Waals surface area contributed by atoms with Gasteiger partial charge in [0.05, 0.1) is 6.10 Å². The molecule has 15 heavy (non-hydrogen) atoms. The highest BCUT2D eigenvalue weighted by molar-refractivity contribution is 5.27. The second kappa shape index (κ2) is 6.59. The number of rotatable bonds is 6. The largest absolute Gasteiger partial charge is 0.388 e. The van der Waals surface area contributed by atoms with Gasteiger partial charge in [0.1, 0.15) is 0 Å². The molecular weight excluding hydrogens is 188 g/mol. The maximum Gasteiger partial charge on any atom is 0.0814 e. The van der Waals surface area contributed by atoms with Gasteiger partial charge in [0, 0.05) is 19.6 Å². The van der Waals surface area contributed by atoms with E-state index in [2.05, 4.69) is 6.92 Å². The average Bonchev–Trinajstić information content (AvgIpc) is 2.25. The van der Waals surface area contributed by atoms with E-state index in [4.69, 9.17) is 4.74 Å². The second-order valence-corrected chi connectivity index (χ2v) is 3.77. The lowest BCUT2D eigenvalue weighted by Crippen LogP contribution is -2.05. The van der Waals surface area contributed by atoms with Crippen LogP contribution < -0.4 is 0 Å². The molecule has 1 aromatic carbocycles. The smallest absolute Gasteiger partial charge is 0.0814 e. The Labute approximate surface area is 91.9 Å². The van der Waals surface area contributed by atoms with Crippen molar-refractivity contribution in [2.45, 2.75) is 32.8 Å². The maximum absolute atomic E-state index is 9.92. The van der Waals surface area contributed by atoms with E-state index in [0.29, 0.717) is 13.0 Å². The van der Waals surface area contributed by atoms with Gasteiger partial charge in [-0.1, -0.05) is 31.2 Å². The van der Waals surface area contributed by atoms with Gasteiger partial charge < -0.3 is 9.84 Å². The van der Waals surface area contributed by atoms with Crippen LogP contribution in [0.4, 0.5) is 0 Å². The molecule has 0 aromatic heterocycles. The molecule has 0 saturated carbocycles. The van der Waals surface area contributed by atoms with Crippen molar-refractivity contribution < 1.29 is 9.84 Å². The van der Waals surface area contributed by atoms with Gasteiger partial charge in [-0.15, -0.1) is 0 Å². The number of aliphatic hydroxyl groups excluding tert-OH is 1. The number of aliphatic hydroxyl groups is 1. The Morgan fingerprint density at radius 2 is 2.00 bits per heavy atom. The summed E-state index contributed by atoms with van der Waals surface area (Å²) in [6.45, 7) is 5.51. The number of hydrogen-bond acceptors (Lipinski definition) is 2. The van der Waals surface area contributed by atoms with Crippen molar-refractivity contribution in [3.63, 3.8) is 0 Å². The summed E-state index contributed by atoms with van der Waals surface area (Å²) in [5, 5.41) is 9.92. The summed E-state index contributed by atoms with van der Waals surface area (Å²) in [4.78, 5) is 0. The number of benzene rings is 1. The molecule has 2 heteroatoms. The van der Waals surface area contributed by atoms with Gasteiger partial charge in [-0.3, -0.25) is 0 Å². The fourth-order valence-corrected chi connectivity index (χ4v) is 1.56. The van der Waals surface area contributed by atoms with Crippen molar-refractivity contribution in [3.05, 3.63) is 35.4 Å². The summed E-state index contributed by atoms with van der Waals surface area (Å²) in [7, 11) is 0. The van der Waals surface area contributed by atoms with Gasteiger partial charge in [0.15, 0.2) is 0 Å². The lowest BCUT2D eigenvalue weighted by molar-refractivity contribution is 0.0819. The fraction of sp³-hybridized carbons (Fsp3) is 0.538. The van der Waals surface area contributed by atoms with Crippen LogP contribution in [0.2, 0.25) is 0 Å². The normalized spacial score (nSPS) is 12.7. The van der Waals surface area contributed by atoms with Crippen LogP contribution >= 0.6 is 0 Å². The fourth-order valence-electron chi connectivity index (χ4n) is 1.56. The zero-order valence-corrected chi connectivity index (χ0v) is 9.57. The highest BCUT2D eigenvalue weighted by Crippen LogP contribution is 2.19. The lowest BCUT2D eigenvalue weighted by atomic mass is 10.0. The first-order chi connectivity index (χ1) is 7.25. The molecule has 0 radical (unpaired) electrons. The van der Waals surface area contributed by atoms with Gasteiger partial charge in [0.2, 0.25) is 0 Å². The number of aryl methyl sites for hydroxylation is 1. The zero-order chi connectivity index (χ0) is 11.1. The molecule has 0 aliphatic rings. The SMILES string of the molecule is CCCOCCC(O)c1ccccc1C. The zero-order valence-electron chi connectivity index (χ0n) is 9.57. The summed E-state index contributed by atoms with van der Waals surface area (Å²) in [6, 6.07) is 7.93. The first-order valence-corrected chi connectivity index (χ1v) is 5.57. The van der Waals surface area contributed by atoms with Gasteiger partial charge in [-0.2, -0.15) is 0 Å². The van der Waals surface area contributed by atoms with Gasteiger partial charge in [0.25, 0.3) is 0 Å². The molecule has 1 atom stereocenters. The third kappa shape index (κ3) is 4.02. The first kappa shape index (κ1) is 12.2. The van der Waals surface area contributed by atoms with Crippen molar-refractivity contribution in [3.8, 4) is 0 Å². The third-order valence-electron chi connectivity index (χ3n) is 2.43. The van der Waals surface area contributed by atoms with Crippen LogP contribution in [-0.4, -0.2) is 18.3 Å². The topological polar surface area (TPSA) is 29.5 Å². The Morgan fingerprint density at radius 3 is 2.67 bits per heavy atom. The van der Waals surface area contributed by atoms with Crippen LogP contribution in [0.25, 0.3) is 0 Å². The van der Waals surface area contributed by atoms with E-state index in [1.165, 1.54) is 0 Å². The third-order valence-corrected chi connectivity index (χ3v) is 2.43. The molecule has 1 aromatic rings. The minimum atomic E-state index is -0.400. The van der Waals surface area contributed by atoms with Gasteiger partial charge in [-0.25, -0.2) is 0 Å². The van der Waals surface area contributed by atoms with Crippen LogP contribution in [0.5, 0.6) is 0 Å². The predicted octanol–water partition coefficient (Wildman–Crippen LogP) is 2.85. The van der Waals surface area contributed by atoms with E-state index in [0.717, 1.165) is 24.2 Å². The van der Waals surface area contributed by atoms with Crippen LogP contribution in [0.1, 0.15) is 37.0 Å². The predicted molar refractivity (Wildman–Crippen MR) is 61.9 cm³/mol. The highest BCUT2D eigenvalue weighted by atomic mass is 16.5. The van der Waals surface area contributed by atoms with Crippen LogP contribution in [0.15, 0.2) is 24.3 Å². The van der Waals surface area contributed by atoms with Crippen LogP contribution in [-0.2, 0) is 4.74 Å². The quantitative estimate of drug-likeness (QED) is 0.728.